The average Bonchev–Trinajstić information content (AvgIpc) is 2.38. The van der Waals surface area contributed by atoms with Crippen molar-refractivity contribution in [3.05, 3.63) is 33.3 Å². The van der Waals surface area contributed by atoms with Crippen LogP contribution in [0.3, 0.4) is 0 Å². The van der Waals surface area contributed by atoms with Gasteiger partial charge >= 0.3 is 0 Å². The second kappa shape index (κ2) is 7.78. The Bertz CT molecular complexity index is 372. The Kier molecular flexibility index (Phi) is 7.07. The van der Waals surface area contributed by atoms with Crippen molar-refractivity contribution < 1.29 is 0 Å². The number of hydrogen-bond acceptors (Lipinski definition) is 2. The molecule has 0 aliphatic carbocycles. The minimum absolute atomic E-state index is 0.360. The molecule has 0 aliphatic rings. The predicted molar refractivity (Wildman–Crippen MR) is 87.7 cm³/mol. The molecule has 0 saturated heterocycles. The van der Waals surface area contributed by atoms with E-state index in [9.17, 15) is 0 Å². The van der Waals surface area contributed by atoms with Crippen LogP contribution in [0.15, 0.2) is 22.7 Å². The topological polar surface area (TPSA) is 12.0 Å². The van der Waals surface area contributed by atoms with Gasteiger partial charge in [-0.3, -0.25) is 0 Å². The van der Waals surface area contributed by atoms with Gasteiger partial charge in [0.15, 0.2) is 0 Å². The van der Waals surface area contributed by atoms with Gasteiger partial charge in [0.05, 0.1) is 0 Å². The van der Waals surface area contributed by atoms with E-state index in [4.69, 9.17) is 11.6 Å². The summed E-state index contributed by atoms with van der Waals surface area (Å²) >= 11 is 11.5. The average molecular weight is 351 g/mol. The van der Waals surface area contributed by atoms with Crippen LogP contribution in [0.5, 0.6) is 0 Å². The normalized spacial score (nSPS) is 11.8. The zero-order valence-electron chi connectivity index (χ0n) is 11.2. The molecule has 0 saturated carbocycles. The smallest absolute Gasteiger partial charge is 0.0417 e. The SMILES string of the molecule is CCC(CC)(CNCc1ccc(Cl)cc1Br)SC. The molecule has 0 bridgehead atoms. The number of hydrogen-bond donors (Lipinski definition) is 1. The third kappa shape index (κ3) is 4.44. The first-order valence-corrected chi connectivity index (χ1v) is 8.66. The van der Waals surface area contributed by atoms with E-state index in [2.05, 4.69) is 47.4 Å². The molecule has 1 nitrogen and oxygen atoms in total. The molecular weight excluding hydrogens is 330 g/mol. The lowest BCUT2D eigenvalue weighted by Gasteiger charge is -2.30. The monoisotopic (exact) mass is 349 g/mol. The third-order valence-electron chi connectivity index (χ3n) is 3.50. The predicted octanol–water partition coefficient (Wildman–Crippen LogP) is 5.11. The molecular formula is C14H21BrClNS. The lowest BCUT2D eigenvalue weighted by atomic mass is 10.0. The Morgan fingerprint density at radius 2 is 2.00 bits per heavy atom. The van der Waals surface area contributed by atoms with E-state index < -0.39 is 0 Å². The number of halogens is 2. The standard InChI is InChI=1S/C14H21BrClNS/c1-4-14(5-2,18-3)10-17-9-11-6-7-12(16)8-13(11)15/h6-8,17H,4-5,9-10H2,1-3H3. The molecule has 0 radical (unpaired) electrons. The number of thioether (sulfide) groups is 1. The van der Waals surface area contributed by atoms with Crippen molar-refractivity contribution in [1.29, 1.82) is 0 Å². The maximum atomic E-state index is 5.94. The van der Waals surface area contributed by atoms with Crippen molar-refractivity contribution in [2.45, 2.75) is 38.0 Å². The first-order chi connectivity index (χ1) is 8.56. The zero-order chi connectivity index (χ0) is 13.6. The molecule has 1 rings (SSSR count). The number of benzene rings is 1. The van der Waals surface area contributed by atoms with Gasteiger partial charge in [0.2, 0.25) is 0 Å². The molecule has 4 heteroatoms. The van der Waals surface area contributed by atoms with Crippen molar-refractivity contribution >= 4 is 39.3 Å². The molecule has 0 spiro atoms. The summed E-state index contributed by atoms with van der Waals surface area (Å²) in [5, 5.41) is 4.33. The van der Waals surface area contributed by atoms with Gasteiger partial charge in [-0.2, -0.15) is 11.8 Å². The summed E-state index contributed by atoms with van der Waals surface area (Å²) in [5.41, 5.74) is 1.25. The van der Waals surface area contributed by atoms with E-state index in [0.717, 1.165) is 22.6 Å². The molecule has 1 N–H and O–H groups in total. The highest BCUT2D eigenvalue weighted by Gasteiger charge is 2.24. The quantitative estimate of drug-likeness (QED) is 0.733. The Morgan fingerprint density at radius 3 is 2.50 bits per heavy atom. The van der Waals surface area contributed by atoms with Gasteiger partial charge < -0.3 is 5.32 Å². The summed E-state index contributed by atoms with van der Waals surface area (Å²) in [6.45, 7) is 6.44. The first-order valence-electron chi connectivity index (χ1n) is 6.26. The maximum absolute atomic E-state index is 5.94. The van der Waals surface area contributed by atoms with Gasteiger partial charge in [-0.1, -0.05) is 47.4 Å². The van der Waals surface area contributed by atoms with Crippen LogP contribution < -0.4 is 5.32 Å². The lowest BCUT2D eigenvalue weighted by molar-refractivity contribution is 0.494. The highest BCUT2D eigenvalue weighted by atomic mass is 79.9. The van der Waals surface area contributed by atoms with Crippen LogP contribution in [-0.4, -0.2) is 17.5 Å². The molecule has 0 heterocycles. The second-order valence-corrected chi connectivity index (χ2v) is 7.00. The van der Waals surface area contributed by atoms with Gasteiger partial charge in [-0.15, -0.1) is 0 Å². The van der Waals surface area contributed by atoms with Crippen LogP contribution >= 0.6 is 39.3 Å². The van der Waals surface area contributed by atoms with E-state index in [1.165, 1.54) is 18.4 Å². The van der Waals surface area contributed by atoms with Gasteiger partial charge in [-0.05, 0) is 36.8 Å². The fourth-order valence-corrected chi connectivity index (χ4v) is 3.60. The summed E-state index contributed by atoms with van der Waals surface area (Å²) in [4.78, 5) is 0. The van der Waals surface area contributed by atoms with Crippen molar-refractivity contribution in [2.75, 3.05) is 12.8 Å². The summed E-state index contributed by atoms with van der Waals surface area (Å²) in [6.07, 6.45) is 4.59. The highest BCUT2D eigenvalue weighted by Crippen LogP contribution is 2.29. The van der Waals surface area contributed by atoms with Crippen molar-refractivity contribution in [3.63, 3.8) is 0 Å². The van der Waals surface area contributed by atoms with E-state index in [-0.39, 0.29) is 0 Å². The van der Waals surface area contributed by atoms with Crippen LogP contribution in [0.1, 0.15) is 32.3 Å². The van der Waals surface area contributed by atoms with E-state index in [1.807, 2.05) is 23.9 Å². The molecule has 1 aromatic carbocycles. The summed E-state index contributed by atoms with van der Waals surface area (Å²) in [7, 11) is 0. The molecule has 18 heavy (non-hydrogen) atoms. The first kappa shape index (κ1) is 16.4. The van der Waals surface area contributed by atoms with E-state index in [0.29, 0.717) is 4.75 Å². The molecule has 0 amide bonds. The third-order valence-corrected chi connectivity index (χ3v) is 6.06. The second-order valence-electron chi connectivity index (χ2n) is 4.43. The largest absolute Gasteiger partial charge is 0.311 e. The fraction of sp³-hybridized carbons (Fsp3) is 0.571. The minimum atomic E-state index is 0.360. The molecule has 0 aromatic heterocycles. The molecule has 102 valence electrons. The highest BCUT2D eigenvalue weighted by molar-refractivity contribution is 9.10. The van der Waals surface area contributed by atoms with E-state index >= 15 is 0 Å². The maximum Gasteiger partial charge on any atom is 0.0417 e. The minimum Gasteiger partial charge on any atom is -0.311 e. The Labute approximate surface area is 128 Å². The Balaban J connectivity index is 2.55. The van der Waals surface area contributed by atoms with Gasteiger partial charge in [0, 0.05) is 27.3 Å². The van der Waals surface area contributed by atoms with Crippen LogP contribution in [0.25, 0.3) is 0 Å². The zero-order valence-corrected chi connectivity index (χ0v) is 14.4. The number of rotatable bonds is 7. The summed E-state index contributed by atoms with van der Waals surface area (Å²) < 4.78 is 1.43. The van der Waals surface area contributed by atoms with Crippen LogP contribution in [0, 0.1) is 0 Å². The van der Waals surface area contributed by atoms with Gasteiger partial charge in [-0.25, -0.2) is 0 Å². The summed E-state index contributed by atoms with van der Waals surface area (Å²) in [5.74, 6) is 0. The Morgan fingerprint density at radius 1 is 1.33 bits per heavy atom. The van der Waals surface area contributed by atoms with Gasteiger partial charge in [0.1, 0.15) is 0 Å². The van der Waals surface area contributed by atoms with Crippen LogP contribution in [0.2, 0.25) is 5.02 Å². The molecule has 1 aromatic rings. The molecule has 0 fully saturated rings. The number of nitrogens with one attached hydrogen (secondary N) is 1. The molecule has 0 aliphatic heterocycles. The molecule has 0 atom stereocenters. The van der Waals surface area contributed by atoms with E-state index in [1.54, 1.807) is 0 Å². The van der Waals surface area contributed by atoms with Crippen molar-refractivity contribution in [3.8, 4) is 0 Å². The van der Waals surface area contributed by atoms with Crippen LogP contribution in [-0.2, 0) is 6.54 Å². The van der Waals surface area contributed by atoms with Crippen LogP contribution in [0.4, 0.5) is 0 Å². The lowest BCUT2D eigenvalue weighted by Crippen LogP contribution is -2.36. The fourth-order valence-electron chi connectivity index (χ4n) is 1.95. The van der Waals surface area contributed by atoms with Crippen molar-refractivity contribution in [2.24, 2.45) is 0 Å². The molecule has 0 unspecified atom stereocenters. The summed E-state index contributed by atoms with van der Waals surface area (Å²) in [6, 6.07) is 5.95. The van der Waals surface area contributed by atoms with Gasteiger partial charge in [0.25, 0.3) is 0 Å². The Hall–Kier alpha value is 0.300. The van der Waals surface area contributed by atoms with Crippen molar-refractivity contribution in [1.82, 2.24) is 5.32 Å².